The second-order valence-electron chi connectivity index (χ2n) is 7.28. The molecular weight excluding hydrogens is 350 g/mol. The van der Waals surface area contributed by atoms with Crippen molar-refractivity contribution in [2.45, 2.75) is 25.8 Å². The smallest absolute Gasteiger partial charge is 0.225 e. The fraction of sp³-hybridized carbons (Fsp3) is 0.318. The summed E-state index contributed by atoms with van der Waals surface area (Å²) in [5.74, 6) is 1.80. The summed E-state index contributed by atoms with van der Waals surface area (Å²) < 4.78 is 5.25. The number of rotatable bonds is 4. The molecule has 0 saturated carbocycles. The minimum atomic E-state index is 0.0310. The van der Waals surface area contributed by atoms with Crippen LogP contribution >= 0.6 is 0 Å². The minimum absolute atomic E-state index is 0.0310. The Balaban J connectivity index is 1.58. The molecule has 144 valence electrons. The molecule has 1 aliphatic heterocycles. The molecule has 0 spiro atoms. The van der Waals surface area contributed by atoms with Gasteiger partial charge in [0.05, 0.1) is 12.8 Å². The molecule has 0 aliphatic carbocycles. The van der Waals surface area contributed by atoms with Gasteiger partial charge >= 0.3 is 0 Å². The molecule has 1 aliphatic rings. The minimum Gasteiger partial charge on any atom is -0.497 e. The van der Waals surface area contributed by atoms with Gasteiger partial charge in [-0.05, 0) is 49.7 Å². The van der Waals surface area contributed by atoms with Crippen LogP contribution in [0.25, 0.3) is 11.3 Å². The Bertz CT molecular complexity index is 973. The maximum Gasteiger partial charge on any atom is 0.225 e. The summed E-state index contributed by atoms with van der Waals surface area (Å²) in [6, 6.07) is 14.2. The third-order valence-electron chi connectivity index (χ3n) is 5.34. The molecule has 0 radical (unpaired) electrons. The van der Waals surface area contributed by atoms with Gasteiger partial charge in [0.15, 0.2) is 0 Å². The normalized spacial score (nSPS) is 19.1. The van der Waals surface area contributed by atoms with E-state index in [4.69, 9.17) is 15.5 Å². The van der Waals surface area contributed by atoms with Crippen molar-refractivity contribution in [3.63, 3.8) is 0 Å². The fourth-order valence-corrected chi connectivity index (χ4v) is 3.80. The second-order valence-corrected chi connectivity index (χ2v) is 7.28. The van der Waals surface area contributed by atoms with E-state index in [0.717, 1.165) is 41.5 Å². The largest absolute Gasteiger partial charge is 0.497 e. The van der Waals surface area contributed by atoms with Crippen LogP contribution in [-0.2, 0) is 0 Å². The van der Waals surface area contributed by atoms with E-state index in [1.165, 1.54) is 5.56 Å². The highest BCUT2D eigenvalue weighted by atomic mass is 16.5. The third kappa shape index (κ3) is 3.55. The lowest BCUT2D eigenvalue weighted by Crippen LogP contribution is -2.29. The zero-order valence-corrected chi connectivity index (χ0v) is 16.5. The lowest BCUT2D eigenvalue weighted by atomic mass is 9.95. The summed E-state index contributed by atoms with van der Waals surface area (Å²) in [7, 11) is 1.67. The van der Waals surface area contributed by atoms with Gasteiger partial charge in [-0.2, -0.15) is 0 Å². The predicted molar refractivity (Wildman–Crippen MR) is 111 cm³/mol. The highest BCUT2D eigenvalue weighted by molar-refractivity contribution is 5.63. The molecule has 6 heteroatoms. The molecule has 1 saturated heterocycles. The lowest BCUT2D eigenvalue weighted by Gasteiger charge is -2.17. The van der Waals surface area contributed by atoms with E-state index in [0.29, 0.717) is 5.95 Å². The number of nitrogens with zero attached hydrogens (tertiary/aromatic N) is 4. The summed E-state index contributed by atoms with van der Waals surface area (Å²) in [5.41, 5.74) is 11.6. The molecule has 1 fully saturated rings. The van der Waals surface area contributed by atoms with E-state index in [9.17, 15) is 0 Å². The number of methoxy groups -OCH3 is 1. The van der Waals surface area contributed by atoms with Crippen molar-refractivity contribution in [1.82, 2.24) is 15.0 Å². The number of ether oxygens (including phenoxy) is 1. The molecule has 2 N–H and O–H groups in total. The maximum atomic E-state index is 6.46. The van der Waals surface area contributed by atoms with E-state index in [-0.39, 0.29) is 12.0 Å². The van der Waals surface area contributed by atoms with Crippen LogP contribution in [-0.4, -0.2) is 41.2 Å². The van der Waals surface area contributed by atoms with Crippen LogP contribution in [0.2, 0.25) is 0 Å². The number of nitrogens with two attached hydrogens (primary N) is 1. The highest BCUT2D eigenvalue weighted by Crippen LogP contribution is 2.30. The molecule has 3 aromatic rings. The summed E-state index contributed by atoms with van der Waals surface area (Å²) in [6.45, 7) is 5.52. The summed E-state index contributed by atoms with van der Waals surface area (Å²) in [5, 5.41) is 0. The molecule has 2 atom stereocenters. The molecule has 0 amide bonds. The van der Waals surface area contributed by atoms with Crippen LogP contribution in [0.4, 0.5) is 5.95 Å². The Labute approximate surface area is 165 Å². The van der Waals surface area contributed by atoms with Gasteiger partial charge < -0.3 is 15.4 Å². The molecule has 1 aromatic carbocycles. The average Bonchev–Trinajstić information content (AvgIpc) is 3.10. The average molecular weight is 375 g/mol. The SMILES string of the molecule is COc1ccc([C@H]2CN(c3nccc(-c4ccc(C)nc4C)n3)C[C@@H]2N)cc1. The van der Waals surface area contributed by atoms with E-state index in [1.54, 1.807) is 7.11 Å². The Morgan fingerprint density at radius 3 is 2.50 bits per heavy atom. The van der Waals surface area contributed by atoms with Crippen molar-refractivity contribution in [2.75, 3.05) is 25.1 Å². The lowest BCUT2D eigenvalue weighted by molar-refractivity contribution is 0.414. The Kier molecular flexibility index (Phi) is 4.96. The first-order valence-electron chi connectivity index (χ1n) is 9.47. The first-order valence-corrected chi connectivity index (χ1v) is 9.47. The first kappa shape index (κ1) is 18.4. The molecular formula is C22H25N5O. The number of benzene rings is 1. The van der Waals surface area contributed by atoms with Crippen molar-refractivity contribution in [3.05, 3.63) is 65.6 Å². The van der Waals surface area contributed by atoms with Gasteiger partial charge in [-0.25, -0.2) is 9.97 Å². The van der Waals surface area contributed by atoms with Crippen LogP contribution < -0.4 is 15.4 Å². The van der Waals surface area contributed by atoms with Gasteiger partial charge in [0.2, 0.25) is 5.95 Å². The number of pyridine rings is 1. The van der Waals surface area contributed by atoms with Crippen LogP contribution in [0.5, 0.6) is 5.75 Å². The van der Waals surface area contributed by atoms with E-state index < -0.39 is 0 Å². The topological polar surface area (TPSA) is 77.2 Å². The number of anilines is 1. The summed E-state index contributed by atoms with van der Waals surface area (Å²) in [4.78, 5) is 16.0. The van der Waals surface area contributed by atoms with Crippen LogP contribution in [0.3, 0.4) is 0 Å². The van der Waals surface area contributed by atoms with Crippen molar-refractivity contribution >= 4 is 5.95 Å². The van der Waals surface area contributed by atoms with E-state index in [1.807, 2.05) is 44.3 Å². The quantitative estimate of drug-likeness (QED) is 0.755. The molecule has 28 heavy (non-hydrogen) atoms. The summed E-state index contributed by atoms with van der Waals surface area (Å²) in [6.07, 6.45) is 1.81. The maximum absolute atomic E-state index is 6.46. The highest BCUT2D eigenvalue weighted by Gasteiger charge is 2.32. The van der Waals surface area contributed by atoms with Crippen LogP contribution in [0.1, 0.15) is 22.9 Å². The van der Waals surface area contributed by atoms with Gasteiger partial charge in [0, 0.05) is 48.2 Å². The number of aromatic nitrogens is 3. The van der Waals surface area contributed by atoms with E-state index >= 15 is 0 Å². The van der Waals surface area contributed by atoms with Gasteiger partial charge in [-0.3, -0.25) is 4.98 Å². The standard InChI is InChI=1S/C22H25N5O/c1-14-4-9-18(15(2)25-14)21-10-11-24-22(26-21)27-12-19(20(23)13-27)16-5-7-17(28-3)8-6-16/h4-11,19-20H,12-13,23H2,1-3H3/t19-,20+/m1/s1. The van der Waals surface area contributed by atoms with Gasteiger partial charge in [-0.1, -0.05) is 12.1 Å². The van der Waals surface area contributed by atoms with Gasteiger partial charge in [-0.15, -0.1) is 0 Å². The third-order valence-corrected chi connectivity index (χ3v) is 5.34. The monoisotopic (exact) mass is 375 g/mol. The van der Waals surface area contributed by atoms with Crippen LogP contribution in [0.15, 0.2) is 48.7 Å². The van der Waals surface area contributed by atoms with Crippen molar-refractivity contribution in [1.29, 1.82) is 0 Å². The fourth-order valence-electron chi connectivity index (χ4n) is 3.80. The van der Waals surface area contributed by atoms with Crippen molar-refractivity contribution in [2.24, 2.45) is 5.73 Å². The predicted octanol–water partition coefficient (Wildman–Crippen LogP) is 3.10. The molecule has 0 bridgehead atoms. The summed E-state index contributed by atoms with van der Waals surface area (Å²) >= 11 is 0. The Morgan fingerprint density at radius 2 is 1.79 bits per heavy atom. The molecule has 2 aromatic heterocycles. The van der Waals surface area contributed by atoms with Crippen LogP contribution in [0, 0.1) is 13.8 Å². The van der Waals surface area contributed by atoms with Gasteiger partial charge in [0.1, 0.15) is 5.75 Å². The second kappa shape index (κ2) is 7.56. The molecule has 3 heterocycles. The van der Waals surface area contributed by atoms with Crippen molar-refractivity contribution in [3.8, 4) is 17.0 Å². The molecule has 0 unspecified atom stereocenters. The first-order chi connectivity index (χ1) is 13.5. The Morgan fingerprint density at radius 1 is 1.00 bits per heavy atom. The molecule has 6 nitrogen and oxygen atoms in total. The Hall–Kier alpha value is -2.99. The van der Waals surface area contributed by atoms with E-state index in [2.05, 4.69) is 33.1 Å². The number of hydrogen-bond donors (Lipinski definition) is 1. The molecule has 4 rings (SSSR count). The number of aryl methyl sites for hydroxylation is 2. The van der Waals surface area contributed by atoms with Crippen molar-refractivity contribution < 1.29 is 4.74 Å². The number of hydrogen-bond acceptors (Lipinski definition) is 6. The zero-order chi connectivity index (χ0) is 19.7. The zero-order valence-electron chi connectivity index (χ0n) is 16.5. The van der Waals surface area contributed by atoms with Gasteiger partial charge in [0.25, 0.3) is 0 Å².